The fourth-order valence-corrected chi connectivity index (χ4v) is 3.62. The van der Waals surface area contributed by atoms with E-state index in [1.54, 1.807) is 42.8 Å². The average Bonchev–Trinajstić information content (AvgIpc) is 3.27. The summed E-state index contributed by atoms with van der Waals surface area (Å²) in [5.74, 6) is 0.630. The van der Waals surface area contributed by atoms with Crippen LogP contribution in [0.3, 0.4) is 0 Å². The molecule has 0 bridgehead atoms. The summed E-state index contributed by atoms with van der Waals surface area (Å²) in [6.07, 6.45) is 3.11. The third kappa shape index (κ3) is 3.95. The van der Waals surface area contributed by atoms with Crippen LogP contribution in [0.5, 0.6) is 0 Å². The van der Waals surface area contributed by atoms with Crippen LogP contribution in [-0.2, 0) is 10.0 Å². The Bertz CT molecular complexity index is 976. The number of hydrogen-bond donors (Lipinski definition) is 1. The van der Waals surface area contributed by atoms with Crippen LogP contribution in [0.2, 0.25) is 0 Å². The first kappa shape index (κ1) is 17.3. The van der Waals surface area contributed by atoms with Gasteiger partial charge in [-0.25, -0.2) is 17.7 Å². The molecule has 0 radical (unpaired) electrons. The molecule has 0 spiro atoms. The first-order chi connectivity index (χ1) is 12.0. The van der Waals surface area contributed by atoms with E-state index in [1.807, 2.05) is 11.4 Å². The van der Waals surface area contributed by atoms with E-state index in [2.05, 4.69) is 15.5 Å². The molecule has 2 aromatic heterocycles. The summed E-state index contributed by atoms with van der Waals surface area (Å²) in [5.41, 5.74) is 4.23. The third-order valence-electron chi connectivity index (χ3n) is 3.31. The maximum Gasteiger partial charge on any atom is 0.242 e. The van der Waals surface area contributed by atoms with E-state index in [9.17, 15) is 8.42 Å². The van der Waals surface area contributed by atoms with E-state index in [0.717, 1.165) is 5.56 Å². The van der Waals surface area contributed by atoms with Crippen molar-refractivity contribution in [2.45, 2.75) is 4.90 Å². The molecule has 0 fully saturated rings. The van der Waals surface area contributed by atoms with Gasteiger partial charge in [0, 0.05) is 25.0 Å². The highest BCUT2D eigenvalue weighted by atomic mass is 32.2. The molecule has 1 aromatic carbocycles. The van der Waals surface area contributed by atoms with Crippen LogP contribution in [0.25, 0.3) is 11.3 Å². The van der Waals surface area contributed by atoms with Crippen molar-refractivity contribution in [2.75, 3.05) is 19.5 Å². The second kappa shape index (κ2) is 7.18. The topological polar surface area (TPSA) is 87.8 Å². The molecule has 7 nitrogen and oxygen atoms in total. The lowest BCUT2D eigenvalue weighted by molar-refractivity contribution is 0.521. The lowest BCUT2D eigenvalue weighted by Gasteiger charge is -2.11. The number of furan rings is 1. The molecular weight excluding hydrogens is 360 g/mol. The Labute approximate surface area is 149 Å². The molecule has 0 atom stereocenters. The molecule has 0 saturated carbocycles. The number of aromatic nitrogens is 1. The van der Waals surface area contributed by atoms with Gasteiger partial charge in [0.05, 0.1) is 23.1 Å². The van der Waals surface area contributed by atoms with Crippen LogP contribution < -0.4 is 5.43 Å². The second-order valence-electron chi connectivity index (χ2n) is 5.24. The Morgan fingerprint density at radius 2 is 2.12 bits per heavy atom. The zero-order valence-electron chi connectivity index (χ0n) is 13.6. The molecule has 0 unspecified atom stereocenters. The predicted octanol–water partition coefficient (Wildman–Crippen LogP) is 3.10. The largest absolute Gasteiger partial charge is 0.463 e. The SMILES string of the molecule is CN(C)S(=O)(=O)c1cccc(-c2csc(N/N=C/c3ccco3)n2)c1. The fourth-order valence-electron chi connectivity index (χ4n) is 2.00. The number of nitrogens with zero attached hydrogens (tertiary/aromatic N) is 3. The molecule has 0 aliphatic carbocycles. The highest BCUT2D eigenvalue weighted by Crippen LogP contribution is 2.27. The van der Waals surface area contributed by atoms with Crippen LogP contribution in [0, 0.1) is 0 Å². The molecule has 0 aliphatic heterocycles. The lowest BCUT2D eigenvalue weighted by Crippen LogP contribution is -2.22. The lowest BCUT2D eigenvalue weighted by atomic mass is 10.2. The molecular formula is C16H16N4O3S2. The van der Waals surface area contributed by atoms with E-state index in [1.165, 1.54) is 29.7 Å². The van der Waals surface area contributed by atoms with Gasteiger partial charge in [-0.15, -0.1) is 11.3 Å². The van der Waals surface area contributed by atoms with E-state index in [-0.39, 0.29) is 4.90 Å². The minimum atomic E-state index is -3.48. The van der Waals surface area contributed by atoms with Gasteiger partial charge in [-0.2, -0.15) is 5.10 Å². The molecule has 1 N–H and O–H groups in total. The van der Waals surface area contributed by atoms with Crippen molar-refractivity contribution in [3.8, 4) is 11.3 Å². The van der Waals surface area contributed by atoms with Crippen LogP contribution in [-0.4, -0.2) is 38.0 Å². The number of hydrogen-bond acceptors (Lipinski definition) is 7. The molecule has 0 amide bonds. The predicted molar refractivity (Wildman–Crippen MR) is 98.3 cm³/mol. The molecule has 130 valence electrons. The van der Waals surface area contributed by atoms with Crippen molar-refractivity contribution in [1.29, 1.82) is 0 Å². The smallest absolute Gasteiger partial charge is 0.242 e. The molecule has 0 aliphatic rings. The van der Waals surface area contributed by atoms with Crippen molar-refractivity contribution in [3.05, 3.63) is 53.8 Å². The van der Waals surface area contributed by atoms with Crippen LogP contribution in [0.1, 0.15) is 5.76 Å². The minimum Gasteiger partial charge on any atom is -0.463 e. The zero-order valence-corrected chi connectivity index (χ0v) is 15.2. The molecule has 3 aromatic rings. The third-order valence-corrected chi connectivity index (χ3v) is 5.87. The number of thiazole rings is 1. The van der Waals surface area contributed by atoms with E-state index < -0.39 is 10.0 Å². The summed E-state index contributed by atoms with van der Waals surface area (Å²) in [7, 11) is -0.473. The number of nitrogens with one attached hydrogen (secondary N) is 1. The van der Waals surface area contributed by atoms with Gasteiger partial charge >= 0.3 is 0 Å². The summed E-state index contributed by atoms with van der Waals surface area (Å²) in [6, 6.07) is 10.3. The van der Waals surface area contributed by atoms with Crippen LogP contribution in [0.4, 0.5) is 5.13 Å². The number of anilines is 1. The minimum absolute atomic E-state index is 0.230. The highest BCUT2D eigenvalue weighted by molar-refractivity contribution is 7.89. The Balaban J connectivity index is 1.78. The maximum atomic E-state index is 12.2. The summed E-state index contributed by atoms with van der Waals surface area (Å²) >= 11 is 1.37. The van der Waals surface area contributed by atoms with Gasteiger partial charge in [0.1, 0.15) is 5.76 Å². The van der Waals surface area contributed by atoms with Crippen molar-refractivity contribution < 1.29 is 12.8 Å². The first-order valence-electron chi connectivity index (χ1n) is 7.28. The van der Waals surface area contributed by atoms with Crippen molar-refractivity contribution in [2.24, 2.45) is 5.10 Å². The summed E-state index contributed by atoms with van der Waals surface area (Å²) in [4.78, 5) is 4.65. The van der Waals surface area contributed by atoms with Crippen molar-refractivity contribution >= 4 is 32.7 Å². The van der Waals surface area contributed by atoms with Gasteiger partial charge in [0.2, 0.25) is 15.2 Å². The van der Waals surface area contributed by atoms with Gasteiger partial charge in [0.15, 0.2) is 0 Å². The number of benzene rings is 1. The standard InChI is InChI=1S/C16H16N4O3S2/c1-20(2)25(21,22)14-7-3-5-12(9-14)15-11-24-16(18-15)19-17-10-13-6-4-8-23-13/h3-11H,1-2H3,(H,18,19)/b17-10+. The molecule has 2 heterocycles. The normalized spacial score (nSPS) is 12.1. The molecule has 3 rings (SSSR count). The van der Waals surface area contributed by atoms with Crippen LogP contribution in [0.15, 0.2) is 62.5 Å². The molecule has 0 saturated heterocycles. The molecule has 9 heteroatoms. The van der Waals surface area contributed by atoms with Crippen molar-refractivity contribution in [3.63, 3.8) is 0 Å². The van der Waals surface area contributed by atoms with E-state index in [0.29, 0.717) is 16.6 Å². The average molecular weight is 376 g/mol. The van der Waals surface area contributed by atoms with E-state index >= 15 is 0 Å². The van der Waals surface area contributed by atoms with Gasteiger partial charge in [0.25, 0.3) is 0 Å². The first-order valence-corrected chi connectivity index (χ1v) is 9.60. The summed E-state index contributed by atoms with van der Waals surface area (Å²) in [5, 5.41) is 6.48. The second-order valence-corrected chi connectivity index (χ2v) is 8.25. The highest BCUT2D eigenvalue weighted by Gasteiger charge is 2.18. The van der Waals surface area contributed by atoms with E-state index in [4.69, 9.17) is 4.42 Å². The number of sulfonamides is 1. The Morgan fingerprint density at radius 1 is 1.28 bits per heavy atom. The Hall–Kier alpha value is -2.49. The Kier molecular flexibility index (Phi) is 4.98. The van der Waals surface area contributed by atoms with Crippen molar-refractivity contribution in [1.82, 2.24) is 9.29 Å². The number of hydrazone groups is 1. The zero-order chi connectivity index (χ0) is 17.9. The van der Waals surface area contributed by atoms with Gasteiger partial charge in [-0.05, 0) is 24.3 Å². The Morgan fingerprint density at radius 3 is 2.84 bits per heavy atom. The quantitative estimate of drug-likeness (QED) is 0.528. The summed E-state index contributed by atoms with van der Waals surface area (Å²) in [6.45, 7) is 0. The number of rotatable bonds is 6. The fraction of sp³-hybridized carbons (Fsp3) is 0.125. The van der Waals surface area contributed by atoms with Crippen LogP contribution >= 0.6 is 11.3 Å². The molecule has 25 heavy (non-hydrogen) atoms. The summed E-state index contributed by atoms with van der Waals surface area (Å²) < 4.78 is 30.8. The maximum absolute atomic E-state index is 12.2. The van der Waals surface area contributed by atoms with Gasteiger partial charge in [-0.1, -0.05) is 12.1 Å². The van der Waals surface area contributed by atoms with Gasteiger partial charge < -0.3 is 4.42 Å². The monoisotopic (exact) mass is 376 g/mol. The van der Waals surface area contributed by atoms with Gasteiger partial charge in [-0.3, -0.25) is 5.43 Å².